The minimum Gasteiger partial charge on any atom is -0.384 e. The van der Waals surface area contributed by atoms with E-state index in [1.807, 2.05) is 13.0 Å². The highest BCUT2D eigenvalue weighted by molar-refractivity contribution is 5.77. The van der Waals surface area contributed by atoms with Gasteiger partial charge in [-0.05, 0) is 67.5 Å². The molecule has 10 heteroatoms. The van der Waals surface area contributed by atoms with E-state index < -0.39 is 11.4 Å². The summed E-state index contributed by atoms with van der Waals surface area (Å²) in [7, 11) is 0. The first-order valence-electron chi connectivity index (χ1n) is 12.9. The van der Waals surface area contributed by atoms with E-state index in [1.54, 1.807) is 0 Å². The Balaban J connectivity index is 1.32. The summed E-state index contributed by atoms with van der Waals surface area (Å²) in [6.07, 6.45) is 5.72. The van der Waals surface area contributed by atoms with Crippen molar-refractivity contribution < 1.29 is 9.50 Å². The molecule has 2 fully saturated rings. The molecular formula is C27H28FN7O2. The maximum Gasteiger partial charge on any atom is 0.278 e. The van der Waals surface area contributed by atoms with Gasteiger partial charge < -0.3 is 15.7 Å². The quantitative estimate of drug-likeness (QED) is 0.372. The molecule has 37 heavy (non-hydrogen) atoms. The number of aliphatic hydroxyl groups is 1. The van der Waals surface area contributed by atoms with Crippen molar-refractivity contribution in [2.24, 2.45) is 0 Å². The summed E-state index contributed by atoms with van der Waals surface area (Å²) in [6, 6.07) is 9.12. The van der Waals surface area contributed by atoms with E-state index in [-0.39, 0.29) is 22.4 Å². The average Bonchev–Trinajstić information content (AvgIpc) is 3.82. The zero-order valence-electron chi connectivity index (χ0n) is 20.6. The molecule has 7 rings (SSSR count). The van der Waals surface area contributed by atoms with Gasteiger partial charge in [-0.3, -0.25) is 4.79 Å². The van der Waals surface area contributed by atoms with Gasteiger partial charge in [0.1, 0.15) is 11.0 Å². The summed E-state index contributed by atoms with van der Waals surface area (Å²) in [4.78, 5) is 26.7. The first-order chi connectivity index (χ1) is 17.9. The largest absolute Gasteiger partial charge is 0.384 e. The fourth-order valence-electron chi connectivity index (χ4n) is 5.52. The van der Waals surface area contributed by atoms with Crippen LogP contribution in [0.1, 0.15) is 55.8 Å². The van der Waals surface area contributed by atoms with Crippen molar-refractivity contribution in [1.29, 1.82) is 0 Å². The van der Waals surface area contributed by atoms with Crippen LogP contribution in [0.5, 0.6) is 0 Å². The number of hydrogen-bond acceptors (Lipinski definition) is 7. The molecule has 3 aromatic heterocycles. The lowest BCUT2D eigenvalue weighted by Gasteiger charge is -2.26. The minimum atomic E-state index is -1.04. The van der Waals surface area contributed by atoms with Crippen LogP contribution in [0.3, 0.4) is 0 Å². The molecule has 4 aromatic rings. The summed E-state index contributed by atoms with van der Waals surface area (Å²) < 4.78 is 18.0. The van der Waals surface area contributed by atoms with Crippen molar-refractivity contribution in [3.05, 3.63) is 69.5 Å². The lowest BCUT2D eigenvalue weighted by Crippen LogP contribution is -2.33. The van der Waals surface area contributed by atoms with Crippen molar-refractivity contribution in [2.75, 3.05) is 11.9 Å². The second-order valence-electron chi connectivity index (χ2n) is 10.6. The van der Waals surface area contributed by atoms with Crippen molar-refractivity contribution in [3.8, 4) is 5.82 Å². The highest BCUT2D eigenvalue weighted by atomic mass is 19.1. The van der Waals surface area contributed by atoms with Crippen molar-refractivity contribution in [3.63, 3.8) is 0 Å². The average molecular weight is 502 g/mol. The molecule has 9 nitrogen and oxygen atoms in total. The Morgan fingerprint density at radius 1 is 1.16 bits per heavy atom. The van der Waals surface area contributed by atoms with Gasteiger partial charge in [0.2, 0.25) is 5.95 Å². The van der Waals surface area contributed by atoms with E-state index in [0.717, 1.165) is 18.8 Å². The molecule has 3 aliphatic rings. The Hall–Kier alpha value is -3.63. The maximum atomic E-state index is 15.2. The molecule has 0 bridgehead atoms. The summed E-state index contributed by atoms with van der Waals surface area (Å²) in [6.45, 7) is 4.14. The van der Waals surface area contributed by atoms with Crippen LogP contribution in [-0.4, -0.2) is 36.0 Å². The Kier molecular flexibility index (Phi) is 4.84. The number of benzene rings is 1. The van der Waals surface area contributed by atoms with Gasteiger partial charge in [0.05, 0.1) is 5.69 Å². The number of aromatic nitrogens is 5. The lowest BCUT2D eigenvalue weighted by molar-refractivity contribution is 0.146. The Bertz CT molecular complexity index is 1620. The predicted octanol–water partition coefficient (Wildman–Crippen LogP) is 3.39. The maximum absolute atomic E-state index is 15.2. The van der Waals surface area contributed by atoms with Crippen LogP contribution in [-0.2, 0) is 24.1 Å². The fraction of sp³-hybridized carbons (Fsp3) is 0.407. The van der Waals surface area contributed by atoms with Gasteiger partial charge >= 0.3 is 0 Å². The molecule has 0 unspecified atom stereocenters. The van der Waals surface area contributed by atoms with Crippen LogP contribution >= 0.6 is 0 Å². The van der Waals surface area contributed by atoms with Crippen molar-refractivity contribution in [2.45, 2.75) is 63.1 Å². The third-order valence-corrected chi connectivity index (χ3v) is 7.90. The molecule has 0 saturated heterocycles. The number of halogens is 1. The molecule has 0 radical (unpaired) electrons. The topological polar surface area (TPSA) is 110 Å². The van der Waals surface area contributed by atoms with Gasteiger partial charge in [0, 0.05) is 36.9 Å². The van der Waals surface area contributed by atoms with Crippen molar-refractivity contribution >= 4 is 22.7 Å². The first kappa shape index (κ1) is 22.6. The SMILES string of the molecule is CCCn1c(=O)c2cnc(Nc3ccc4c(c3)CNCC43CC3)nc2n1-c1nc(C2(O)CC2)ccc1F. The summed E-state index contributed by atoms with van der Waals surface area (Å²) in [5.41, 5.74) is 3.13. The Labute approximate surface area is 212 Å². The molecule has 4 heterocycles. The standard InChI is InChI=1S/C27H28FN7O2/c1-2-11-34-24(36)18-14-30-25(31-17-3-4-19-16(12-17)13-29-15-26(19)7-8-26)33-22(18)35(34)23-20(28)5-6-21(32-23)27(37)9-10-27/h3-6,12,14,29,37H,2,7-11,13,15H2,1H3,(H,30,31,33). The van der Waals surface area contributed by atoms with Crippen LogP contribution in [0.15, 0.2) is 41.3 Å². The second-order valence-corrected chi connectivity index (χ2v) is 10.6. The Morgan fingerprint density at radius 2 is 2.00 bits per heavy atom. The number of fused-ring (bicyclic) bond motifs is 3. The van der Waals surface area contributed by atoms with Crippen LogP contribution in [0, 0.1) is 5.82 Å². The number of hydrogen-bond donors (Lipinski definition) is 3. The predicted molar refractivity (Wildman–Crippen MR) is 137 cm³/mol. The zero-order chi connectivity index (χ0) is 25.4. The molecule has 1 spiro atoms. The van der Waals surface area contributed by atoms with Gasteiger partial charge in [0.15, 0.2) is 17.3 Å². The highest BCUT2D eigenvalue weighted by Gasteiger charge is 2.47. The number of nitrogens with zero attached hydrogens (tertiary/aromatic N) is 5. The van der Waals surface area contributed by atoms with Gasteiger partial charge in [-0.25, -0.2) is 23.7 Å². The van der Waals surface area contributed by atoms with E-state index in [1.165, 1.54) is 51.7 Å². The highest BCUT2D eigenvalue weighted by Crippen LogP contribution is 2.50. The summed E-state index contributed by atoms with van der Waals surface area (Å²) >= 11 is 0. The van der Waals surface area contributed by atoms with E-state index in [2.05, 4.69) is 37.7 Å². The molecule has 2 aliphatic carbocycles. The smallest absolute Gasteiger partial charge is 0.278 e. The van der Waals surface area contributed by atoms with E-state index >= 15 is 4.39 Å². The van der Waals surface area contributed by atoms with Gasteiger partial charge in [-0.15, -0.1) is 0 Å². The third-order valence-electron chi connectivity index (χ3n) is 7.90. The lowest BCUT2D eigenvalue weighted by atomic mass is 9.88. The summed E-state index contributed by atoms with van der Waals surface area (Å²) in [5, 5.41) is 17.6. The molecule has 2 saturated carbocycles. The van der Waals surface area contributed by atoms with Crippen LogP contribution < -0.4 is 16.2 Å². The zero-order valence-corrected chi connectivity index (χ0v) is 20.6. The van der Waals surface area contributed by atoms with E-state index in [0.29, 0.717) is 42.9 Å². The molecule has 1 aliphatic heterocycles. The van der Waals surface area contributed by atoms with Gasteiger partial charge in [0.25, 0.3) is 5.56 Å². The fourth-order valence-corrected chi connectivity index (χ4v) is 5.52. The number of pyridine rings is 1. The third kappa shape index (κ3) is 3.58. The Morgan fingerprint density at radius 3 is 2.76 bits per heavy atom. The molecule has 3 N–H and O–H groups in total. The normalized spacial score (nSPS) is 18.7. The van der Waals surface area contributed by atoms with Crippen LogP contribution in [0.25, 0.3) is 16.9 Å². The van der Waals surface area contributed by atoms with Crippen LogP contribution in [0.4, 0.5) is 16.0 Å². The molecule has 0 amide bonds. The second kappa shape index (κ2) is 7.93. The monoisotopic (exact) mass is 501 g/mol. The van der Waals surface area contributed by atoms with E-state index in [4.69, 9.17) is 0 Å². The number of nitrogens with one attached hydrogen (secondary N) is 2. The van der Waals surface area contributed by atoms with E-state index in [9.17, 15) is 9.90 Å². The molecule has 1 aromatic carbocycles. The first-order valence-corrected chi connectivity index (χ1v) is 12.9. The number of anilines is 2. The minimum absolute atomic E-state index is 0.0578. The molecule has 0 atom stereocenters. The molecular weight excluding hydrogens is 473 g/mol. The summed E-state index contributed by atoms with van der Waals surface area (Å²) in [5.74, 6) is -0.353. The van der Waals surface area contributed by atoms with Crippen LogP contribution in [0.2, 0.25) is 0 Å². The number of rotatable bonds is 6. The van der Waals surface area contributed by atoms with Gasteiger partial charge in [-0.2, -0.15) is 4.98 Å². The van der Waals surface area contributed by atoms with Gasteiger partial charge in [-0.1, -0.05) is 13.0 Å². The van der Waals surface area contributed by atoms with Crippen molar-refractivity contribution in [1.82, 2.24) is 29.6 Å². The molecule has 190 valence electrons.